The quantitative estimate of drug-likeness (QED) is 0.887. The van der Waals surface area contributed by atoms with Crippen LogP contribution in [0.15, 0.2) is 6.20 Å². The van der Waals surface area contributed by atoms with Gasteiger partial charge in [0.15, 0.2) is 0 Å². The van der Waals surface area contributed by atoms with E-state index in [0.717, 1.165) is 36.6 Å². The molecule has 1 saturated carbocycles. The molecule has 0 saturated heterocycles. The molecule has 1 heterocycles. The van der Waals surface area contributed by atoms with Crippen molar-refractivity contribution in [2.75, 3.05) is 6.54 Å². The molecule has 2 rings (SSSR count). The normalized spacial score (nSPS) is 29.5. The number of hydrogen-bond donors (Lipinski definition) is 2. The van der Waals surface area contributed by atoms with Crippen LogP contribution in [-0.2, 0) is 6.54 Å². The summed E-state index contributed by atoms with van der Waals surface area (Å²) >= 11 is 7.29. The summed E-state index contributed by atoms with van der Waals surface area (Å²) < 4.78 is 0.715. The summed E-state index contributed by atoms with van der Waals surface area (Å²) in [7, 11) is 0. The summed E-state index contributed by atoms with van der Waals surface area (Å²) in [6.45, 7) is 3.59. The van der Waals surface area contributed by atoms with Crippen LogP contribution in [0.3, 0.4) is 0 Å². The summed E-state index contributed by atoms with van der Waals surface area (Å²) in [6.07, 6.45) is 5.72. The van der Waals surface area contributed by atoms with Gasteiger partial charge >= 0.3 is 0 Å². The van der Waals surface area contributed by atoms with E-state index in [9.17, 15) is 5.11 Å². The fourth-order valence-electron chi connectivity index (χ4n) is 2.25. The van der Waals surface area contributed by atoms with E-state index in [2.05, 4.69) is 17.2 Å². The lowest BCUT2D eigenvalue weighted by Gasteiger charge is -2.35. The highest BCUT2D eigenvalue weighted by molar-refractivity contribution is 7.15. The van der Waals surface area contributed by atoms with Gasteiger partial charge in [-0.25, -0.2) is 4.98 Å². The summed E-state index contributed by atoms with van der Waals surface area (Å²) in [5.74, 6) is 0.757. The van der Waals surface area contributed by atoms with E-state index in [1.54, 1.807) is 6.20 Å². The molecule has 0 radical (unpaired) electrons. The average Bonchev–Trinajstić information content (AvgIpc) is 2.69. The van der Waals surface area contributed by atoms with Crippen molar-refractivity contribution in [3.8, 4) is 0 Å². The Labute approximate surface area is 111 Å². The molecule has 0 amide bonds. The predicted octanol–water partition coefficient (Wildman–Crippen LogP) is 2.83. The van der Waals surface area contributed by atoms with Crippen LogP contribution >= 0.6 is 22.9 Å². The van der Waals surface area contributed by atoms with E-state index < -0.39 is 5.60 Å². The molecule has 1 aliphatic rings. The van der Waals surface area contributed by atoms with Crippen LogP contribution in [0.25, 0.3) is 0 Å². The number of aliphatic hydroxyl groups is 1. The molecular weight excluding hydrogens is 256 g/mol. The molecule has 5 heteroatoms. The third-order valence-corrected chi connectivity index (χ3v) is 4.58. The lowest BCUT2D eigenvalue weighted by molar-refractivity contribution is -0.00630. The second-order valence-corrected chi connectivity index (χ2v) is 6.82. The molecule has 1 aromatic heterocycles. The van der Waals surface area contributed by atoms with Crippen LogP contribution in [0, 0.1) is 5.92 Å². The molecule has 96 valence electrons. The molecule has 0 spiro atoms. The largest absolute Gasteiger partial charge is 0.389 e. The van der Waals surface area contributed by atoms with Crippen LogP contribution in [0.5, 0.6) is 0 Å². The zero-order valence-electron chi connectivity index (χ0n) is 10.1. The minimum Gasteiger partial charge on any atom is -0.389 e. The Morgan fingerprint density at radius 1 is 1.59 bits per heavy atom. The van der Waals surface area contributed by atoms with Gasteiger partial charge in [0.2, 0.25) is 0 Å². The highest BCUT2D eigenvalue weighted by Gasteiger charge is 2.31. The molecule has 3 nitrogen and oxygen atoms in total. The SMILES string of the molecule is CC1CCC(O)(CNCc2ncc(Cl)s2)CC1. The Morgan fingerprint density at radius 3 is 2.88 bits per heavy atom. The number of hydrogen-bond acceptors (Lipinski definition) is 4. The molecular formula is C12H19ClN2OS. The third kappa shape index (κ3) is 3.91. The first-order valence-corrected chi connectivity index (χ1v) is 7.30. The third-order valence-electron chi connectivity index (χ3n) is 3.46. The molecule has 17 heavy (non-hydrogen) atoms. The number of nitrogens with one attached hydrogen (secondary N) is 1. The molecule has 1 fully saturated rings. The number of halogens is 1. The molecule has 0 aromatic carbocycles. The van der Waals surface area contributed by atoms with Gasteiger partial charge in [0.1, 0.15) is 9.34 Å². The second kappa shape index (κ2) is 5.65. The van der Waals surface area contributed by atoms with E-state index in [1.165, 1.54) is 11.3 Å². The van der Waals surface area contributed by atoms with Crippen molar-refractivity contribution in [1.82, 2.24) is 10.3 Å². The molecule has 0 aliphatic heterocycles. The number of rotatable bonds is 4. The molecule has 2 N–H and O–H groups in total. The Hall–Kier alpha value is -0.160. The van der Waals surface area contributed by atoms with Gasteiger partial charge in [-0.15, -0.1) is 11.3 Å². The smallest absolute Gasteiger partial charge is 0.113 e. The Kier molecular flexibility index (Phi) is 4.42. The van der Waals surface area contributed by atoms with E-state index in [4.69, 9.17) is 11.6 Å². The topological polar surface area (TPSA) is 45.1 Å². The van der Waals surface area contributed by atoms with Crippen molar-refractivity contribution in [1.29, 1.82) is 0 Å². The van der Waals surface area contributed by atoms with Crippen molar-refractivity contribution in [3.05, 3.63) is 15.5 Å². The van der Waals surface area contributed by atoms with Crippen molar-refractivity contribution in [2.24, 2.45) is 5.92 Å². The predicted molar refractivity (Wildman–Crippen MR) is 71.4 cm³/mol. The van der Waals surface area contributed by atoms with Crippen LogP contribution in [-0.4, -0.2) is 22.2 Å². The van der Waals surface area contributed by atoms with E-state index in [-0.39, 0.29) is 0 Å². The summed E-state index contributed by atoms with van der Waals surface area (Å²) in [5.41, 5.74) is -0.520. The zero-order chi connectivity index (χ0) is 12.3. The number of thiazole rings is 1. The summed E-state index contributed by atoms with van der Waals surface area (Å²) in [4.78, 5) is 4.18. The maximum Gasteiger partial charge on any atom is 0.113 e. The minimum absolute atomic E-state index is 0.520. The van der Waals surface area contributed by atoms with E-state index in [1.807, 2.05) is 0 Å². The van der Waals surface area contributed by atoms with Crippen LogP contribution in [0.2, 0.25) is 4.34 Å². The standard InChI is InChI=1S/C12H19ClN2OS/c1-9-2-4-12(16,5-3-9)8-14-7-11-15-6-10(13)17-11/h6,9,14,16H,2-5,7-8H2,1H3. The van der Waals surface area contributed by atoms with Crippen LogP contribution in [0.1, 0.15) is 37.6 Å². The maximum absolute atomic E-state index is 10.4. The van der Waals surface area contributed by atoms with Crippen molar-refractivity contribution in [3.63, 3.8) is 0 Å². The average molecular weight is 275 g/mol. The van der Waals surface area contributed by atoms with Gasteiger partial charge in [0.25, 0.3) is 0 Å². The van der Waals surface area contributed by atoms with Gasteiger partial charge in [-0.05, 0) is 31.6 Å². The van der Waals surface area contributed by atoms with Crippen LogP contribution in [0.4, 0.5) is 0 Å². The van der Waals surface area contributed by atoms with E-state index in [0.29, 0.717) is 17.4 Å². The highest BCUT2D eigenvalue weighted by Crippen LogP contribution is 2.31. The van der Waals surface area contributed by atoms with Gasteiger partial charge in [-0.2, -0.15) is 0 Å². The van der Waals surface area contributed by atoms with E-state index >= 15 is 0 Å². The molecule has 0 unspecified atom stereocenters. The lowest BCUT2D eigenvalue weighted by Crippen LogP contribution is -2.43. The fourth-order valence-corrected chi connectivity index (χ4v) is 3.17. The van der Waals surface area contributed by atoms with Gasteiger partial charge in [-0.3, -0.25) is 0 Å². The van der Waals surface area contributed by atoms with Crippen molar-refractivity contribution < 1.29 is 5.11 Å². The number of nitrogens with zero attached hydrogens (tertiary/aromatic N) is 1. The van der Waals surface area contributed by atoms with Gasteiger partial charge in [0, 0.05) is 13.1 Å². The van der Waals surface area contributed by atoms with Gasteiger partial charge in [0.05, 0.1) is 11.8 Å². The Bertz CT molecular complexity index is 361. The molecule has 0 atom stereocenters. The fraction of sp³-hybridized carbons (Fsp3) is 0.750. The summed E-state index contributed by atoms with van der Waals surface area (Å²) in [6, 6.07) is 0. The molecule has 1 aliphatic carbocycles. The molecule has 0 bridgehead atoms. The lowest BCUT2D eigenvalue weighted by atomic mass is 9.79. The molecule has 1 aromatic rings. The highest BCUT2D eigenvalue weighted by atomic mass is 35.5. The first-order chi connectivity index (χ1) is 8.07. The first-order valence-electron chi connectivity index (χ1n) is 6.11. The first kappa shape index (κ1) is 13.3. The van der Waals surface area contributed by atoms with Gasteiger partial charge < -0.3 is 10.4 Å². The zero-order valence-corrected chi connectivity index (χ0v) is 11.7. The monoisotopic (exact) mass is 274 g/mol. The Morgan fingerprint density at radius 2 is 2.29 bits per heavy atom. The second-order valence-electron chi connectivity index (χ2n) is 5.07. The number of aromatic nitrogens is 1. The van der Waals surface area contributed by atoms with Crippen molar-refractivity contribution >= 4 is 22.9 Å². The van der Waals surface area contributed by atoms with Gasteiger partial charge in [-0.1, -0.05) is 18.5 Å². The minimum atomic E-state index is -0.520. The van der Waals surface area contributed by atoms with Crippen molar-refractivity contribution in [2.45, 2.75) is 44.8 Å². The maximum atomic E-state index is 10.4. The van der Waals surface area contributed by atoms with Crippen LogP contribution < -0.4 is 5.32 Å². The summed E-state index contributed by atoms with van der Waals surface area (Å²) in [5, 5.41) is 14.6. The Balaban J connectivity index is 1.74.